The topological polar surface area (TPSA) is 77.0 Å². The third-order valence-corrected chi connectivity index (χ3v) is 6.54. The van der Waals surface area contributed by atoms with E-state index >= 15 is 0 Å². The van der Waals surface area contributed by atoms with Crippen molar-refractivity contribution in [3.8, 4) is 11.5 Å². The lowest BCUT2D eigenvalue weighted by Crippen LogP contribution is -2.30. The van der Waals surface area contributed by atoms with Gasteiger partial charge in [-0.2, -0.15) is 0 Å². The van der Waals surface area contributed by atoms with Gasteiger partial charge in [-0.05, 0) is 60.0 Å². The molecule has 0 amide bonds. The quantitative estimate of drug-likeness (QED) is 0.429. The number of aromatic amines is 1. The number of nitrogens with zero attached hydrogens (tertiary/aromatic N) is 3. The molecule has 2 N–H and O–H groups in total. The first-order valence-electron chi connectivity index (χ1n) is 11.1. The summed E-state index contributed by atoms with van der Waals surface area (Å²) in [5.41, 5.74) is 7.86. The molecule has 0 spiro atoms. The molecule has 1 atom stereocenters. The van der Waals surface area contributed by atoms with E-state index in [1.807, 2.05) is 41.1 Å². The van der Waals surface area contributed by atoms with E-state index in [2.05, 4.69) is 44.9 Å². The lowest BCUT2D eigenvalue weighted by atomic mass is 9.93. The van der Waals surface area contributed by atoms with Gasteiger partial charge in [0.15, 0.2) is 0 Å². The number of hydrogen-bond acceptors (Lipinski definition) is 5. The number of rotatable bonds is 5. The molecule has 0 saturated heterocycles. The Bertz CT molecular complexity index is 1470. The molecule has 3 aromatic carbocycles. The standard InChI is InChI=1S/C26H25N5O2/c1-32-18-8-9-21-20(14-18)19-11-12-27-25(26(19)28-21)16-7-10-24(33-2)17(13-16)15-31-23-6-4-3-5-22(23)29-30-31/h3-10,13-14,25,27-28H,11-12,15H2,1-2H3/t25-/m0/s1. The SMILES string of the molecule is COc1ccc2[nH]c3c(c2c1)CCN[C@H]3c1ccc(OC)c(Cn2nnc3ccccc32)c1. The summed E-state index contributed by atoms with van der Waals surface area (Å²) in [6.45, 7) is 1.50. The van der Waals surface area contributed by atoms with Gasteiger partial charge in [0.2, 0.25) is 0 Å². The predicted molar refractivity (Wildman–Crippen MR) is 128 cm³/mol. The number of para-hydroxylation sites is 1. The molecule has 0 fully saturated rings. The number of H-pyrrole nitrogens is 1. The Morgan fingerprint density at radius 1 is 1.03 bits per heavy atom. The maximum Gasteiger partial charge on any atom is 0.123 e. The number of benzene rings is 3. The summed E-state index contributed by atoms with van der Waals surface area (Å²) < 4.78 is 13.1. The molecule has 0 radical (unpaired) electrons. The van der Waals surface area contributed by atoms with Crippen LogP contribution in [0.15, 0.2) is 60.7 Å². The van der Waals surface area contributed by atoms with E-state index in [-0.39, 0.29) is 6.04 Å². The maximum absolute atomic E-state index is 5.69. The predicted octanol–water partition coefficient (Wildman–Crippen LogP) is 4.21. The minimum Gasteiger partial charge on any atom is -0.497 e. The van der Waals surface area contributed by atoms with Crippen molar-refractivity contribution in [2.75, 3.05) is 20.8 Å². The molecule has 3 heterocycles. The third-order valence-electron chi connectivity index (χ3n) is 6.54. The summed E-state index contributed by atoms with van der Waals surface area (Å²) in [6, 6.07) is 20.7. The fraction of sp³-hybridized carbons (Fsp3) is 0.231. The van der Waals surface area contributed by atoms with E-state index in [1.54, 1.807) is 14.2 Å². The molecular weight excluding hydrogens is 414 g/mol. The van der Waals surface area contributed by atoms with Gasteiger partial charge < -0.3 is 19.8 Å². The van der Waals surface area contributed by atoms with Crippen LogP contribution in [0.2, 0.25) is 0 Å². The fourth-order valence-electron chi connectivity index (χ4n) is 4.92. The van der Waals surface area contributed by atoms with Crippen LogP contribution in [0.25, 0.3) is 21.9 Å². The van der Waals surface area contributed by atoms with Crippen LogP contribution in [0.1, 0.15) is 28.4 Å². The molecule has 5 aromatic rings. The maximum atomic E-state index is 5.69. The summed E-state index contributed by atoms with van der Waals surface area (Å²) >= 11 is 0. The number of methoxy groups -OCH3 is 2. The highest BCUT2D eigenvalue weighted by Crippen LogP contribution is 2.36. The number of hydrogen-bond donors (Lipinski definition) is 2. The minimum atomic E-state index is 0.0734. The van der Waals surface area contributed by atoms with Crippen LogP contribution >= 0.6 is 0 Å². The summed E-state index contributed by atoms with van der Waals surface area (Å²) in [4.78, 5) is 3.66. The average molecular weight is 440 g/mol. The number of fused-ring (bicyclic) bond motifs is 4. The van der Waals surface area contributed by atoms with Crippen LogP contribution in [0.4, 0.5) is 0 Å². The largest absolute Gasteiger partial charge is 0.497 e. The van der Waals surface area contributed by atoms with Crippen molar-refractivity contribution in [2.24, 2.45) is 0 Å². The molecule has 0 saturated carbocycles. The second-order valence-electron chi connectivity index (χ2n) is 8.37. The van der Waals surface area contributed by atoms with Crippen LogP contribution in [-0.4, -0.2) is 40.7 Å². The van der Waals surface area contributed by atoms with E-state index in [1.165, 1.54) is 22.2 Å². The van der Waals surface area contributed by atoms with Gasteiger partial charge in [-0.3, -0.25) is 0 Å². The number of ether oxygens (including phenoxy) is 2. The fourth-order valence-corrected chi connectivity index (χ4v) is 4.92. The second-order valence-corrected chi connectivity index (χ2v) is 8.37. The van der Waals surface area contributed by atoms with Crippen molar-refractivity contribution in [2.45, 2.75) is 19.0 Å². The van der Waals surface area contributed by atoms with Gasteiger partial charge in [0, 0.05) is 28.7 Å². The van der Waals surface area contributed by atoms with Crippen LogP contribution < -0.4 is 14.8 Å². The summed E-state index contributed by atoms with van der Waals surface area (Å²) in [6.07, 6.45) is 0.979. The molecule has 0 unspecified atom stereocenters. The number of nitrogens with one attached hydrogen (secondary N) is 2. The summed E-state index contributed by atoms with van der Waals surface area (Å²) in [5.74, 6) is 1.72. The Hall–Kier alpha value is -3.84. The van der Waals surface area contributed by atoms with E-state index in [0.717, 1.165) is 46.6 Å². The monoisotopic (exact) mass is 439 g/mol. The Morgan fingerprint density at radius 3 is 2.82 bits per heavy atom. The van der Waals surface area contributed by atoms with Gasteiger partial charge in [-0.1, -0.05) is 23.4 Å². The van der Waals surface area contributed by atoms with Gasteiger partial charge in [0.05, 0.1) is 32.3 Å². The van der Waals surface area contributed by atoms with Crippen molar-refractivity contribution < 1.29 is 9.47 Å². The summed E-state index contributed by atoms with van der Waals surface area (Å²) in [7, 11) is 3.42. The van der Waals surface area contributed by atoms with Gasteiger partial charge >= 0.3 is 0 Å². The minimum absolute atomic E-state index is 0.0734. The van der Waals surface area contributed by atoms with Gasteiger partial charge in [0.1, 0.15) is 17.0 Å². The zero-order chi connectivity index (χ0) is 22.4. The highest BCUT2D eigenvalue weighted by molar-refractivity contribution is 5.86. The molecule has 0 bridgehead atoms. The van der Waals surface area contributed by atoms with Crippen LogP contribution in [0, 0.1) is 0 Å². The molecule has 0 aliphatic carbocycles. The Labute approximate surface area is 191 Å². The van der Waals surface area contributed by atoms with Gasteiger partial charge in [-0.15, -0.1) is 5.10 Å². The zero-order valence-corrected chi connectivity index (χ0v) is 18.6. The third kappa shape index (κ3) is 3.32. The van der Waals surface area contributed by atoms with E-state index < -0.39 is 0 Å². The smallest absolute Gasteiger partial charge is 0.123 e. The molecule has 7 nitrogen and oxygen atoms in total. The second kappa shape index (κ2) is 7.94. The normalized spacial score (nSPS) is 15.6. The van der Waals surface area contributed by atoms with Crippen molar-refractivity contribution >= 4 is 21.9 Å². The first-order valence-corrected chi connectivity index (χ1v) is 11.1. The zero-order valence-electron chi connectivity index (χ0n) is 18.6. The highest BCUT2D eigenvalue weighted by Gasteiger charge is 2.26. The van der Waals surface area contributed by atoms with Gasteiger partial charge in [0.25, 0.3) is 0 Å². The van der Waals surface area contributed by atoms with Crippen molar-refractivity contribution in [3.05, 3.63) is 83.0 Å². The molecule has 1 aliphatic heterocycles. The Morgan fingerprint density at radius 2 is 1.94 bits per heavy atom. The molecule has 1 aliphatic rings. The van der Waals surface area contributed by atoms with Crippen LogP contribution in [-0.2, 0) is 13.0 Å². The molecule has 2 aromatic heterocycles. The van der Waals surface area contributed by atoms with Crippen molar-refractivity contribution in [1.29, 1.82) is 0 Å². The molecule has 6 rings (SSSR count). The lowest BCUT2D eigenvalue weighted by Gasteiger charge is -2.25. The highest BCUT2D eigenvalue weighted by atomic mass is 16.5. The molecular formula is C26H25N5O2. The first kappa shape index (κ1) is 19.8. The molecule has 33 heavy (non-hydrogen) atoms. The molecule has 166 valence electrons. The Kier molecular flexibility index (Phi) is 4.77. The first-order chi connectivity index (χ1) is 16.2. The van der Waals surface area contributed by atoms with Crippen LogP contribution in [0.5, 0.6) is 11.5 Å². The lowest BCUT2D eigenvalue weighted by molar-refractivity contribution is 0.407. The van der Waals surface area contributed by atoms with Crippen LogP contribution in [0.3, 0.4) is 0 Å². The van der Waals surface area contributed by atoms with Crippen molar-refractivity contribution in [1.82, 2.24) is 25.3 Å². The Balaban J connectivity index is 1.41. The van der Waals surface area contributed by atoms with Crippen molar-refractivity contribution in [3.63, 3.8) is 0 Å². The summed E-state index contributed by atoms with van der Waals surface area (Å²) in [5, 5.41) is 13.6. The van der Waals surface area contributed by atoms with E-state index in [9.17, 15) is 0 Å². The average Bonchev–Trinajstić information content (AvgIpc) is 3.45. The molecule has 7 heteroatoms. The van der Waals surface area contributed by atoms with Gasteiger partial charge in [-0.25, -0.2) is 4.68 Å². The van der Waals surface area contributed by atoms with E-state index in [0.29, 0.717) is 6.54 Å². The number of aromatic nitrogens is 4. The van der Waals surface area contributed by atoms with E-state index in [4.69, 9.17) is 9.47 Å².